The fourth-order valence-corrected chi connectivity index (χ4v) is 1.76. The molecule has 0 aromatic carbocycles. The molecule has 7 heteroatoms. The average molecular weight is 274 g/mol. The highest BCUT2D eigenvalue weighted by molar-refractivity contribution is 5.84. The Morgan fingerprint density at radius 3 is 2.37 bits per heavy atom. The third-order valence-corrected chi connectivity index (χ3v) is 2.64. The van der Waals surface area contributed by atoms with E-state index in [4.69, 9.17) is 10.8 Å². The second kappa shape index (κ2) is 7.73. The van der Waals surface area contributed by atoms with Crippen LogP contribution in [0.1, 0.15) is 46.0 Å². The van der Waals surface area contributed by atoms with Gasteiger partial charge in [-0.25, -0.2) is 4.79 Å². The first-order valence-corrected chi connectivity index (χ1v) is 6.21. The fourth-order valence-electron chi connectivity index (χ4n) is 1.76. The summed E-state index contributed by atoms with van der Waals surface area (Å²) in [6.45, 7) is 3.40. The van der Waals surface area contributed by atoms with E-state index in [0.717, 1.165) is 0 Å². The summed E-state index contributed by atoms with van der Waals surface area (Å²) in [6, 6.07) is -1.17. The summed E-state index contributed by atoms with van der Waals surface area (Å²) < 4.78 is 0. The number of hydrogen-bond donors (Lipinski definition) is 4. The van der Waals surface area contributed by atoms with E-state index in [9.17, 15) is 19.5 Å². The van der Waals surface area contributed by atoms with Gasteiger partial charge in [-0.2, -0.15) is 0 Å². The van der Waals surface area contributed by atoms with Gasteiger partial charge in [0.2, 0.25) is 11.8 Å². The van der Waals surface area contributed by atoms with Gasteiger partial charge in [0, 0.05) is 6.42 Å². The molecule has 5 N–H and O–H groups in total. The van der Waals surface area contributed by atoms with Gasteiger partial charge in [-0.1, -0.05) is 13.3 Å². The number of aliphatic carboxylic acids is 1. The molecule has 7 nitrogen and oxygen atoms in total. The zero-order valence-corrected chi connectivity index (χ0v) is 11.3. The van der Waals surface area contributed by atoms with Gasteiger partial charge >= 0.3 is 5.97 Å². The number of carboxylic acids is 1. The predicted octanol–water partition coefficient (Wildman–Crippen LogP) is -0.237. The zero-order chi connectivity index (χ0) is 15.1. The molecule has 0 fully saturated rings. The van der Waals surface area contributed by atoms with Crippen LogP contribution in [0, 0.1) is 0 Å². The maximum atomic E-state index is 11.6. The molecule has 0 rings (SSSR count). The van der Waals surface area contributed by atoms with Crippen LogP contribution in [-0.4, -0.2) is 39.6 Å². The Morgan fingerprint density at radius 2 is 1.95 bits per heavy atom. The molecule has 2 unspecified atom stereocenters. The Labute approximate surface area is 112 Å². The number of aliphatic hydroxyl groups is 1. The van der Waals surface area contributed by atoms with Crippen LogP contribution in [-0.2, 0) is 14.4 Å². The SMILES string of the molecule is CCCC(C)(O)CC(=O)NC(CCC(N)=O)C(=O)O. The summed E-state index contributed by atoms with van der Waals surface area (Å²) in [6.07, 6.45) is 0.792. The largest absolute Gasteiger partial charge is 0.480 e. The van der Waals surface area contributed by atoms with Crippen molar-refractivity contribution in [3.63, 3.8) is 0 Å². The van der Waals surface area contributed by atoms with E-state index >= 15 is 0 Å². The third-order valence-electron chi connectivity index (χ3n) is 2.64. The molecule has 0 saturated carbocycles. The Kier molecular flexibility index (Phi) is 7.06. The van der Waals surface area contributed by atoms with Gasteiger partial charge < -0.3 is 21.3 Å². The quantitative estimate of drug-likeness (QED) is 0.461. The molecule has 0 saturated heterocycles. The molecule has 0 aromatic heterocycles. The molecule has 110 valence electrons. The predicted molar refractivity (Wildman–Crippen MR) is 68.1 cm³/mol. The lowest BCUT2D eigenvalue weighted by Crippen LogP contribution is -2.44. The van der Waals surface area contributed by atoms with E-state index in [2.05, 4.69) is 5.32 Å². The lowest BCUT2D eigenvalue weighted by atomic mass is 9.96. The Bertz CT molecular complexity index is 341. The average Bonchev–Trinajstić information content (AvgIpc) is 2.22. The molecule has 0 aliphatic rings. The molecule has 19 heavy (non-hydrogen) atoms. The summed E-state index contributed by atoms with van der Waals surface area (Å²) in [4.78, 5) is 33.2. The molecule has 0 spiro atoms. The number of nitrogens with two attached hydrogens (primary N) is 1. The number of hydrogen-bond acceptors (Lipinski definition) is 4. The van der Waals surface area contributed by atoms with Crippen LogP contribution in [0.3, 0.4) is 0 Å². The number of carbonyl (C=O) groups excluding carboxylic acids is 2. The van der Waals surface area contributed by atoms with E-state index in [1.165, 1.54) is 6.92 Å². The van der Waals surface area contributed by atoms with Gasteiger partial charge in [-0.15, -0.1) is 0 Å². The minimum Gasteiger partial charge on any atom is -0.480 e. The van der Waals surface area contributed by atoms with Crippen LogP contribution in [0.4, 0.5) is 0 Å². The number of amides is 2. The topological polar surface area (TPSA) is 130 Å². The standard InChI is InChI=1S/C12H22N2O5/c1-3-6-12(2,19)7-10(16)14-8(11(17)18)4-5-9(13)15/h8,19H,3-7H2,1-2H3,(H2,13,15)(H,14,16)(H,17,18). The maximum Gasteiger partial charge on any atom is 0.326 e. The molecule has 2 atom stereocenters. The van der Waals surface area contributed by atoms with Gasteiger partial charge in [-0.3, -0.25) is 9.59 Å². The van der Waals surface area contributed by atoms with Crippen molar-refractivity contribution >= 4 is 17.8 Å². The van der Waals surface area contributed by atoms with E-state index in [-0.39, 0.29) is 19.3 Å². The summed E-state index contributed by atoms with van der Waals surface area (Å²) in [7, 11) is 0. The Hall–Kier alpha value is -1.63. The minimum atomic E-state index is -1.23. The first-order chi connectivity index (χ1) is 8.68. The lowest BCUT2D eigenvalue weighted by molar-refractivity contribution is -0.143. The van der Waals surface area contributed by atoms with Gasteiger partial charge in [0.05, 0.1) is 12.0 Å². The van der Waals surface area contributed by atoms with Crippen LogP contribution in [0.2, 0.25) is 0 Å². The van der Waals surface area contributed by atoms with Gasteiger partial charge in [0.1, 0.15) is 6.04 Å². The summed E-state index contributed by atoms with van der Waals surface area (Å²) in [5.41, 5.74) is 3.77. The fraction of sp³-hybridized carbons (Fsp3) is 0.750. The van der Waals surface area contributed by atoms with Crippen molar-refractivity contribution in [1.82, 2.24) is 5.32 Å². The monoisotopic (exact) mass is 274 g/mol. The number of nitrogens with one attached hydrogen (secondary N) is 1. The highest BCUT2D eigenvalue weighted by Gasteiger charge is 2.26. The smallest absolute Gasteiger partial charge is 0.326 e. The van der Waals surface area contributed by atoms with Crippen LogP contribution in [0.15, 0.2) is 0 Å². The van der Waals surface area contributed by atoms with Crippen LogP contribution < -0.4 is 11.1 Å². The van der Waals surface area contributed by atoms with Crippen molar-refractivity contribution < 1.29 is 24.6 Å². The normalized spacial score (nSPS) is 15.3. The number of carbonyl (C=O) groups is 3. The second-order valence-corrected chi connectivity index (χ2v) is 4.89. The van der Waals surface area contributed by atoms with Gasteiger partial charge in [-0.05, 0) is 19.8 Å². The van der Waals surface area contributed by atoms with Crippen LogP contribution in [0.5, 0.6) is 0 Å². The molecular formula is C12H22N2O5. The van der Waals surface area contributed by atoms with E-state index in [0.29, 0.717) is 12.8 Å². The number of primary amides is 1. The first kappa shape index (κ1) is 17.4. The Balaban J connectivity index is 4.39. The lowest BCUT2D eigenvalue weighted by Gasteiger charge is -2.23. The molecule has 0 aromatic rings. The highest BCUT2D eigenvalue weighted by atomic mass is 16.4. The first-order valence-electron chi connectivity index (χ1n) is 6.21. The number of rotatable bonds is 9. The Morgan fingerprint density at radius 1 is 1.37 bits per heavy atom. The molecule has 2 amide bonds. The highest BCUT2D eigenvalue weighted by Crippen LogP contribution is 2.16. The van der Waals surface area contributed by atoms with E-state index < -0.39 is 29.4 Å². The van der Waals surface area contributed by atoms with E-state index in [1.807, 2.05) is 6.92 Å². The summed E-state index contributed by atoms with van der Waals surface area (Å²) in [5, 5.41) is 21.1. The van der Waals surface area contributed by atoms with Gasteiger partial charge in [0.25, 0.3) is 0 Å². The number of carboxylic acid groups (broad SMARTS) is 1. The van der Waals surface area contributed by atoms with Crippen molar-refractivity contribution in [2.24, 2.45) is 5.73 Å². The zero-order valence-electron chi connectivity index (χ0n) is 11.3. The summed E-state index contributed by atoms with van der Waals surface area (Å²) in [5.74, 6) is -2.42. The van der Waals surface area contributed by atoms with Crippen molar-refractivity contribution in [2.45, 2.75) is 57.6 Å². The maximum absolute atomic E-state index is 11.6. The third kappa shape index (κ3) is 8.15. The molecular weight excluding hydrogens is 252 g/mol. The molecule has 0 aliphatic carbocycles. The molecule has 0 heterocycles. The van der Waals surface area contributed by atoms with Crippen molar-refractivity contribution in [3.8, 4) is 0 Å². The van der Waals surface area contributed by atoms with Crippen LogP contribution in [0.25, 0.3) is 0 Å². The second-order valence-electron chi connectivity index (χ2n) is 4.89. The van der Waals surface area contributed by atoms with Crippen molar-refractivity contribution in [3.05, 3.63) is 0 Å². The van der Waals surface area contributed by atoms with E-state index in [1.54, 1.807) is 0 Å². The van der Waals surface area contributed by atoms with Crippen molar-refractivity contribution in [2.75, 3.05) is 0 Å². The minimum absolute atomic E-state index is 0.0632. The molecule has 0 bridgehead atoms. The van der Waals surface area contributed by atoms with Crippen LogP contribution >= 0.6 is 0 Å². The molecule has 0 radical (unpaired) electrons. The van der Waals surface area contributed by atoms with Crippen molar-refractivity contribution in [1.29, 1.82) is 0 Å². The van der Waals surface area contributed by atoms with Gasteiger partial charge in [0.15, 0.2) is 0 Å². The molecule has 0 aliphatic heterocycles. The summed E-state index contributed by atoms with van der Waals surface area (Å²) >= 11 is 0.